The monoisotopic (exact) mass is 724 g/mol. The number of carbonyl (C=O) groups excluding carboxylic acids is 1. The highest BCUT2D eigenvalue weighted by Crippen LogP contribution is 2.43. The second-order valence-corrected chi connectivity index (χ2v) is 15.7. The zero-order valence-corrected chi connectivity index (χ0v) is 31.0. The number of thioether (sulfide) groups is 2. The Labute approximate surface area is 315 Å². The molecule has 1 atom stereocenters. The first-order valence-electron chi connectivity index (χ1n) is 17.7. The number of hydrogen-bond donors (Lipinski definition) is 3. The predicted molar refractivity (Wildman–Crippen MR) is 218 cm³/mol. The summed E-state index contributed by atoms with van der Waals surface area (Å²) in [5.74, 6) is 2.11. The second-order valence-electron chi connectivity index (χ2n) is 13.3. The van der Waals surface area contributed by atoms with Crippen molar-refractivity contribution in [3.63, 3.8) is 0 Å². The van der Waals surface area contributed by atoms with Gasteiger partial charge in [-0.1, -0.05) is 121 Å². The van der Waals surface area contributed by atoms with Crippen molar-refractivity contribution >= 4 is 29.3 Å². The number of aliphatic hydroxyl groups is 1. The molecular formula is C46H44O4S2. The summed E-state index contributed by atoms with van der Waals surface area (Å²) >= 11 is 3.37. The smallest absolute Gasteiger partial charge is 0.135 e. The van der Waals surface area contributed by atoms with Gasteiger partial charge < -0.3 is 15.3 Å². The lowest BCUT2D eigenvalue weighted by Crippen LogP contribution is -2.28. The Morgan fingerprint density at radius 3 is 1.21 bits per heavy atom. The summed E-state index contributed by atoms with van der Waals surface area (Å²) in [4.78, 5) is 15.1. The Kier molecular flexibility index (Phi) is 12.6. The normalized spacial score (nSPS) is 12.3. The minimum atomic E-state index is -1.07. The molecule has 0 spiro atoms. The third-order valence-corrected chi connectivity index (χ3v) is 11.2. The van der Waals surface area contributed by atoms with Crippen molar-refractivity contribution in [2.24, 2.45) is 0 Å². The second kappa shape index (κ2) is 17.6. The van der Waals surface area contributed by atoms with Crippen molar-refractivity contribution in [3.8, 4) is 56.0 Å². The fourth-order valence-electron chi connectivity index (χ4n) is 6.44. The average molecular weight is 725 g/mol. The molecule has 0 aliphatic carbocycles. The molecule has 264 valence electrons. The molecule has 0 aliphatic rings. The first kappa shape index (κ1) is 37.0. The summed E-state index contributed by atoms with van der Waals surface area (Å²) in [6.07, 6.45) is 2.51. The molecule has 52 heavy (non-hydrogen) atoms. The number of benzene rings is 6. The number of Topliss-reactive ketones (excluding diaryl/α,β-unsaturated/α-hetero) is 1. The van der Waals surface area contributed by atoms with Gasteiger partial charge in [-0.3, -0.25) is 4.79 Å². The van der Waals surface area contributed by atoms with Gasteiger partial charge in [-0.25, -0.2) is 0 Å². The molecule has 6 rings (SSSR count). The van der Waals surface area contributed by atoms with Gasteiger partial charge in [0.25, 0.3) is 0 Å². The Hall–Kier alpha value is -4.75. The third-order valence-electron chi connectivity index (χ3n) is 9.08. The predicted octanol–water partition coefficient (Wildman–Crippen LogP) is 11.9. The molecule has 0 bridgehead atoms. The van der Waals surface area contributed by atoms with Crippen LogP contribution in [0.2, 0.25) is 0 Å². The Morgan fingerprint density at radius 1 is 0.538 bits per heavy atom. The first-order valence-corrected chi connectivity index (χ1v) is 19.7. The summed E-state index contributed by atoms with van der Waals surface area (Å²) in [5.41, 5.74) is 5.89. The number of phenolic OH excluding ortho intramolecular Hbond substituents is 2. The van der Waals surface area contributed by atoms with Gasteiger partial charge in [0.2, 0.25) is 0 Å². The fourth-order valence-corrected chi connectivity index (χ4v) is 8.29. The molecule has 0 fully saturated rings. The van der Waals surface area contributed by atoms with E-state index in [0.717, 1.165) is 72.2 Å². The topological polar surface area (TPSA) is 77.8 Å². The number of hydrogen-bond acceptors (Lipinski definition) is 6. The van der Waals surface area contributed by atoms with Gasteiger partial charge in [-0.05, 0) is 84.2 Å². The van der Waals surface area contributed by atoms with E-state index in [4.69, 9.17) is 0 Å². The van der Waals surface area contributed by atoms with E-state index in [1.54, 1.807) is 30.4 Å². The Bertz CT molecular complexity index is 1940. The van der Waals surface area contributed by atoms with Crippen molar-refractivity contribution in [3.05, 3.63) is 146 Å². The fraction of sp³-hybridized carbons (Fsp3) is 0.196. The van der Waals surface area contributed by atoms with E-state index in [0.29, 0.717) is 19.3 Å². The zero-order chi connectivity index (χ0) is 36.3. The number of aromatic hydroxyl groups is 2. The summed E-state index contributed by atoms with van der Waals surface area (Å²) in [6.45, 7) is 1.76. The van der Waals surface area contributed by atoms with E-state index in [1.165, 1.54) is 0 Å². The SMILES string of the molecule is CC(O)(CCCSc1cc(-c2ccccc2)c(O)c(-c2ccccc2)c1)CC(=O)CCCSc1cc(-c2ccccc2)c(O)c(-c2ccccc2)c1. The minimum absolute atomic E-state index is 0.0671. The van der Waals surface area contributed by atoms with Gasteiger partial charge in [0, 0.05) is 44.9 Å². The summed E-state index contributed by atoms with van der Waals surface area (Å²) < 4.78 is 0. The van der Waals surface area contributed by atoms with E-state index in [1.807, 2.05) is 146 Å². The summed E-state index contributed by atoms with van der Waals surface area (Å²) in [5, 5.41) is 33.6. The van der Waals surface area contributed by atoms with Gasteiger partial charge >= 0.3 is 0 Å². The Morgan fingerprint density at radius 2 is 0.865 bits per heavy atom. The molecule has 0 saturated carbocycles. The van der Waals surface area contributed by atoms with Crippen LogP contribution in [0, 0.1) is 0 Å². The van der Waals surface area contributed by atoms with Crippen LogP contribution in [0.1, 0.15) is 39.0 Å². The van der Waals surface area contributed by atoms with E-state index in [9.17, 15) is 20.1 Å². The lowest BCUT2D eigenvalue weighted by atomic mass is 9.93. The van der Waals surface area contributed by atoms with Crippen LogP contribution >= 0.6 is 23.5 Å². The van der Waals surface area contributed by atoms with Gasteiger partial charge in [-0.2, -0.15) is 0 Å². The maximum Gasteiger partial charge on any atom is 0.135 e. The molecular weight excluding hydrogens is 681 g/mol. The standard InChI is InChI=1S/C46H44O4S2/c1-46(50,25-15-27-52-39-30-42(35-20-10-4-11-21-35)45(49)43(31-39)36-22-12-5-13-23-36)32-37(47)24-14-26-51-38-28-40(33-16-6-2-7-17-33)44(48)41(29-38)34-18-8-3-9-19-34/h2-13,16-23,28-31,48-50H,14-15,24-27,32H2,1H3. The number of ketones is 1. The van der Waals surface area contributed by atoms with Crippen molar-refractivity contribution in [2.45, 2.75) is 54.4 Å². The largest absolute Gasteiger partial charge is 0.507 e. The zero-order valence-electron chi connectivity index (χ0n) is 29.4. The van der Waals surface area contributed by atoms with Gasteiger partial charge in [0.15, 0.2) is 0 Å². The minimum Gasteiger partial charge on any atom is -0.507 e. The van der Waals surface area contributed by atoms with Crippen LogP contribution in [0.25, 0.3) is 44.5 Å². The van der Waals surface area contributed by atoms with Gasteiger partial charge in [0.05, 0.1) is 5.60 Å². The Balaban J connectivity index is 1.01. The quantitative estimate of drug-likeness (QED) is 0.0681. The van der Waals surface area contributed by atoms with Gasteiger partial charge in [0.1, 0.15) is 17.3 Å². The summed E-state index contributed by atoms with van der Waals surface area (Å²) in [6, 6.07) is 47.7. The average Bonchev–Trinajstić information content (AvgIpc) is 3.17. The van der Waals surface area contributed by atoms with Crippen LogP contribution in [-0.2, 0) is 4.79 Å². The van der Waals surface area contributed by atoms with Gasteiger partial charge in [-0.15, -0.1) is 23.5 Å². The van der Waals surface area contributed by atoms with Crippen LogP contribution in [0.15, 0.2) is 155 Å². The molecule has 0 radical (unpaired) electrons. The van der Waals surface area contributed by atoms with E-state index >= 15 is 0 Å². The van der Waals surface area contributed by atoms with Crippen LogP contribution in [0.5, 0.6) is 11.5 Å². The van der Waals surface area contributed by atoms with Crippen LogP contribution < -0.4 is 0 Å². The molecule has 0 aliphatic heterocycles. The molecule has 1 unspecified atom stereocenters. The van der Waals surface area contributed by atoms with E-state index < -0.39 is 5.60 Å². The number of phenols is 2. The third kappa shape index (κ3) is 9.77. The highest BCUT2D eigenvalue weighted by molar-refractivity contribution is 7.99. The highest BCUT2D eigenvalue weighted by Gasteiger charge is 2.24. The first-order chi connectivity index (χ1) is 25.3. The van der Waals surface area contributed by atoms with Crippen molar-refractivity contribution in [2.75, 3.05) is 11.5 Å². The number of rotatable bonds is 16. The lowest BCUT2D eigenvalue weighted by molar-refractivity contribution is -0.123. The van der Waals surface area contributed by atoms with Crippen LogP contribution in [0.4, 0.5) is 0 Å². The molecule has 0 heterocycles. The maximum atomic E-state index is 13.0. The lowest BCUT2D eigenvalue weighted by Gasteiger charge is -2.22. The van der Waals surface area contributed by atoms with E-state index in [2.05, 4.69) is 0 Å². The van der Waals surface area contributed by atoms with Crippen molar-refractivity contribution in [1.82, 2.24) is 0 Å². The summed E-state index contributed by atoms with van der Waals surface area (Å²) in [7, 11) is 0. The highest BCUT2D eigenvalue weighted by atomic mass is 32.2. The number of carbonyl (C=O) groups is 1. The van der Waals surface area contributed by atoms with E-state index in [-0.39, 0.29) is 23.7 Å². The maximum absolute atomic E-state index is 13.0. The molecule has 3 N–H and O–H groups in total. The molecule has 4 nitrogen and oxygen atoms in total. The molecule has 0 saturated heterocycles. The molecule has 6 aromatic rings. The van der Waals surface area contributed by atoms with Crippen LogP contribution in [-0.4, -0.2) is 38.2 Å². The molecule has 6 aromatic carbocycles. The van der Waals surface area contributed by atoms with Crippen LogP contribution in [0.3, 0.4) is 0 Å². The molecule has 0 aromatic heterocycles. The van der Waals surface area contributed by atoms with Crippen molar-refractivity contribution in [1.29, 1.82) is 0 Å². The van der Waals surface area contributed by atoms with Crippen molar-refractivity contribution < 1.29 is 20.1 Å². The molecule has 0 amide bonds. The molecule has 6 heteroatoms.